The quantitative estimate of drug-likeness (QED) is 0.576. The maximum absolute atomic E-state index is 11.7. The molecule has 0 aromatic carbocycles. The number of carbonyl (C=O) groups is 2. The fourth-order valence-corrected chi connectivity index (χ4v) is 1.49. The molecule has 1 aliphatic rings. The normalized spacial score (nSPS) is 28.6. The molecule has 0 radical (unpaired) electrons. The van der Waals surface area contributed by atoms with E-state index in [0.29, 0.717) is 0 Å². The second-order valence-corrected chi connectivity index (χ2v) is 3.26. The summed E-state index contributed by atoms with van der Waals surface area (Å²) in [6.45, 7) is -0.532. The van der Waals surface area contributed by atoms with Gasteiger partial charge in [-0.05, 0) is 0 Å². The predicted octanol–water partition coefficient (Wildman–Crippen LogP) is -1.75. The number of piperazine rings is 1. The highest BCUT2D eigenvalue weighted by Crippen LogP contribution is 2.21. The summed E-state index contributed by atoms with van der Waals surface area (Å²) in [7, 11) is 4.22. The van der Waals surface area contributed by atoms with Crippen LogP contribution in [0.4, 0.5) is 0 Å². The Kier molecular flexibility index (Phi) is 2.77. The third-order valence-electron chi connectivity index (χ3n) is 2.52. The largest absolute Gasteiger partial charge is 0.391 e. The molecule has 0 aromatic rings. The van der Waals surface area contributed by atoms with Gasteiger partial charge in [0.05, 0.1) is 6.54 Å². The Morgan fingerprint density at radius 1 is 1.50 bits per heavy atom. The van der Waals surface area contributed by atoms with Crippen LogP contribution in [0.5, 0.6) is 0 Å². The summed E-state index contributed by atoms with van der Waals surface area (Å²) in [4.78, 5) is 25.5. The van der Waals surface area contributed by atoms with Gasteiger partial charge in [-0.3, -0.25) is 9.59 Å². The molecule has 1 aliphatic heterocycles. The molecular weight excluding hydrogens is 188 g/mol. The van der Waals surface area contributed by atoms with Crippen LogP contribution in [0.1, 0.15) is 0 Å². The lowest BCUT2D eigenvalue weighted by Crippen LogP contribution is -2.68. The summed E-state index contributed by atoms with van der Waals surface area (Å²) in [6, 6.07) is 0. The molecule has 0 saturated carbocycles. The minimum atomic E-state index is -1.55. The maximum atomic E-state index is 11.7. The van der Waals surface area contributed by atoms with Crippen LogP contribution in [0.25, 0.3) is 0 Å². The molecule has 6 nitrogen and oxygen atoms in total. The van der Waals surface area contributed by atoms with Crippen LogP contribution in [0.2, 0.25) is 0 Å². The Labute approximate surface area is 82.0 Å². The smallest absolute Gasteiger partial charge is 0.278 e. The lowest BCUT2D eigenvalue weighted by Gasteiger charge is -2.44. The average Bonchev–Trinajstić information content (AvgIpc) is 2.18. The van der Waals surface area contributed by atoms with Gasteiger partial charge < -0.3 is 19.6 Å². The number of hydrogen-bond donors (Lipinski definition) is 1. The summed E-state index contributed by atoms with van der Waals surface area (Å²) in [5, 5.41) is 9.15. The Balaban J connectivity index is 3.09. The van der Waals surface area contributed by atoms with Crippen LogP contribution in [0, 0.1) is 0 Å². The molecule has 6 heteroatoms. The van der Waals surface area contributed by atoms with E-state index in [-0.39, 0.29) is 12.5 Å². The van der Waals surface area contributed by atoms with Crippen molar-refractivity contribution in [2.24, 2.45) is 0 Å². The molecule has 1 fully saturated rings. The minimum absolute atomic E-state index is 0.0143. The molecule has 1 N–H and O–H groups in total. The van der Waals surface area contributed by atoms with Gasteiger partial charge in [-0.15, -0.1) is 0 Å². The van der Waals surface area contributed by atoms with Crippen molar-refractivity contribution in [2.45, 2.75) is 5.72 Å². The van der Waals surface area contributed by atoms with Crippen molar-refractivity contribution < 1.29 is 19.4 Å². The molecule has 1 rings (SSSR count). The molecular formula is C8H14N2O4. The lowest BCUT2D eigenvalue weighted by molar-refractivity contribution is -0.203. The van der Waals surface area contributed by atoms with Gasteiger partial charge >= 0.3 is 0 Å². The zero-order chi connectivity index (χ0) is 10.9. The molecule has 0 spiro atoms. The highest BCUT2D eigenvalue weighted by molar-refractivity contribution is 5.96. The highest BCUT2D eigenvalue weighted by atomic mass is 16.5. The molecule has 1 atom stereocenters. The van der Waals surface area contributed by atoms with Crippen molar-refractivity contribution in [1.29, 1.82) is 0 Å². The average molecular weight is 202 g/mol. The second-order valence-electron chi connectivity index (χ2n) is 3.26. The van der Waals surface area contributed by atoms with Crippen LogP contribution < -0.4 is 0 Å². The maximum Gasteiger partial charge on any atom is 0.278 e. The summed E-state index contributed by atoms with van der Waals surface area (Å²) < 4.78 is 4.96. The van der Waals surface area contributed by atoms with E-state index in [9.17, 15) is 9.59 Å². The van der Waals surface area contributed by atoms with E-state index in [1.54, 1.807) is 0 Å². The summed E-state index contributed by atoms with van der Waals surface area (Å²) >= 11 is 0. The van der Waals surface area contributed by atoms with Gasteiger partial charge in [-0.2, -0.15) is 0 Å². The molecule has 0 bridgehead atoms. The van der Waals surface area contributed by atoms with Gasteiger partial charge in [-0.25, -0.2) is 0 Å². The van der Waals surface area contributed by atoms with Gasteiger partial charge in [0.25, 0.3) is 5.91 Å². The molecule has 0 aromatic heterocycles. The summed E-state index contributed by atoms with van der Waals surface area (Å²) in [5.41, 5.74) is -1.55. The van der Waals surface area contributed by atoms with Crippen molar-refractivity contribution in [3.63, 3.8) is 0 Å². The number of aliphatic hydroxyl groups is 1. The van der Waals surface area contributed by atoms with Crippen LogP contribution in [0.3, 0.4) is 0 Å². The molecule has 80 valence electrons. The van der Waals surface area contributed by atoms with Crippen LogP contribution in [-0.2, 0) is 14.3 Å². The first-order valence-corrected chi connectivity index (χ1v) is 4.18. The Bertz CT molecular complexity index is 262. The topological polar surface area (TPSA) is 70.1 Å². The monoisotopic (exact) mass is 202 g/mol. The van der Waals surface area contributed by atoms with Gasteiger partial charge in [-0.1, -0.05) is 0 Å². The third-order valence-corrected chi connectivity index (χ3v) is 2.52. The highest BCUT2D eigenvalue weighted by Gasteiger charge is 2.50. The number of amides is 2. The van der Waals surface area contributed by atoms with E-state index in [1.807, 2.05) is 0 Å². The van der Waals surface area contributed by atoms with Crippen molar-refractivity contribution in [2.75, 3.05) is 34.4 Å². The molecule has 0 aliphatic carbocycles. The third kappa shape index (κ3) is 1.27. The fraction of sp³-hybridized carbons (Fsp3) is 0.750. The Hall–Kier alpha value is -1.14. The Morgan fingerprint density at radius 3 is 2.50 bits per heavy atom. The van der Waals surface area contributed by atoms with Crippen molar-refractivity contribution in [1.82, 2.24) is 9.80 Å². The lowest BCUT2D eigenvalue weighted by atomic mass is 10.1. The number of hydrogen-bond acceptors (Lipinski definition) is 4. The van der Waals surface area contributed by atoms with Gasteiger partial charge in [0.2, 0.25) is 11.6 Å². The number of likely N-dealkylation sites (N-methyl/N-ethyl adjacent to an activating group) is 2. The molecule has 2 amide bonds. The number of carbonyl (C=O) groups excluding carboxylic acids is 2. The van der Waals surface area contributed by atoms with Crippen molar-refractivity contribution in [3.05, 3.63) is 0 Å². The van der Waals surface area contributed by atoms with E-state index in [2.05, 4.69) is 0 Å². The van der Waals surface area contributed by atoms with Crippen LogP contribution in [0.15, 0.2) is 0 Å². The van der Waals surface area contributed by atoms with Crippen molar-refractivity contribution in [3.8, 4) is 0 Å². The van der Waals surface area contributed by atoms with Crippen LogP contribution in [-0.4, -0.2) is 66.8 Å². The number of methoxy groups -OCH3 is 1. The Morgan fingerprint density at radius 2 is 2.07 bits per heavy atom. The first-order valence-electron chi connectivity index (χ1n) is 4.18. The summed E-state index contributed by atoms with van der Waals surface area (Å²) in [6.07, 6.45) is 0. The van der Waals surface area contributed by atoms with Crippen LogP contribution >= 0.6 is 0 Å². The number of ether oxygens (including phenoxy) is 1. The number of rotatable bonds is 2. The van der Waals surface area contributed by atoms with E-state index < -0.39 is 18.2 Å². The zero-order valence-electron chi connectivity index (χ0n) is 8.48. The predicted molar refractivity (Wildman–Crippen MR) is 47.2 cm³/mol. The number of nitrogens with zero attached hydrogens (tertiary/aromatic N) is 2. The molecule has 0 unspecified atom stereocenters. The van der Waals surface area contributed by atoms with E-state index in [4.69, 9.17) is 9.84 Å². The van der Waals surface area contributed by atoms with Gasteiger partial charge in [0.15, 0.2) is 0 Å². The van der Waals surface area contributed by atoms with Gasteiger partial charge in [0, 0.05) is 21.2 Å². The standard InChI is InChI=1S/C8H14N2O4/c1-9-4-6(12)10(2)8(5-11,14-3)7(9)13/h11H,4-5H2,1-3H3/t8-/m1/s1. The first-order chi connectivity index (χ1) is 6.49. The van der Waals surface area contributed by atoms with Gasteiger partial charge in [0.1, 0.15) is 6.61 Å². The molecule has 1 heterocycles. The number of aliphatic hydroxyl groups excluding tert-OH is 1. The summed E-state index contributed by atoms with van der Waals surface area (Å²) in [5.74, 6) is -0.674. The van der Waals surface area contributed by atoms with E-state index >= 15 is 0 Å². The molecule has 14 heavy (non-hydrogen) atoms. The van der Waals surface area contributed by atoms with E-state index in [1.165, 1.54) is 26.1 Å². The SMILES string of the molecule is CO[C@]1(CO)C(=O)N(C)CC(=O)N1C. The minimum Gasteiger partial charge on any atom is -0.391 e. The fourth-order valence-electron chi connectivity index (χ4n) is 1.49. The first kappa shape index (κ1) is 10.9. The zero-order valence-corrected chi connectivity index (χ0v) is 8.48. The van der Waals surface area contributed by atoms with E-state index in [0.717, 1.165) is 4.90 Å². The molecule has 1 saturated heterocycles. The second kappa shape index (κ2) is 3.55. The van der Waals surface area contributed by atoms with Crippen molar-refractivity contribution >= 4 is 11.8 Å².